The van der Waals surface area contributed by atoms with Gasteiger partial charge in [-0.05, 0) is 24.6 Å². The average molecular weight is 280 g/mol. The van der Waals surface area contributed by atoms with Crippen LogP contribution in [-0.4, -0.2) is 9.78 Å². The van der Waals surface area contributed by atoms with Crippen LogP contribution in [0.15, 0.2) is 34.9 Å². The lowest BCUT2D eigenvalue weighted by atomic mass is 10.2. The maximum Gasteiger partial charge on any atom is 0.0662 e. The third-order valence-electron chi connectivity index (χ3n) is 2.65. The zero-order valence-corrected chi connectivity index (χ0v) is 10.7. The Labute approximate surface area is 103 Å². The summed E-state index contributed by atoms with van der Waals surface area (Å²) in [6, 6.07) is 8.24. The van der Waals surface area contributed by atoms with E-state index in [1.54, 1.807) is 0 Å². The van der Waals surface area contributed by atoms with Crippen molar-refractivity contribution in [2.75, 3.05) is 0 Å². The minimum absolute atomic E-state index is 0.546. The number of aromatic nitrogens is 2. The van der Waals surface area contributed by atoms with E-state index in [-0.39, 0.29) is 0 Å². The molecule has 3 nitrogen and oxygen atoms in total. The van der Waals surface area contributed by atoms with Gasteiger partial charge >= 0.3 is 0 Å². The van der Waals surface area contributed by atoms with Crippen molar-refractivity contribution in [2.45, 2.75) is 20.0 Å². The van der Waals surface area contributed by atoms with E-state index in [0.29, 0.717) is 6.54 Å². The second-order valence-corrected chi connectivity index (χ2v) is 4.66. The summed E-state index contributed by atoms with van der Waals surface area (Å²) >= 11 is 3.46. The van der Waals surface area contributed by atoms with Crippen molar-refractivity contribution in [2.24, 2.45) is 5.73 Å². The van der Waals surface area contributed by atoms with E-state index in [1.807, 2.05) is 29.9 Å². The minimum atomic E-state index is 0.546. The Kier molecular flexibility index (Phi) is 3.41. The van der Waals surface area contributed by atoms with E-state index >= 15 is 0 Å². The van der Waals surface area contributed by atoms with E-state index in [2.05, 4.69) is 33.2 Å². The number of halogens is 1. The molecule has 0 radical (unpaired) electrons. The first kappa shape index (κ1) is 11.4. The monoisotopic (exact) mass is 279 g/mol. The molecular weight excluding hydrogens is 266 g/mol. The van der Waals surface area contributed by atoms with Crippen molar-refractivity contribution >= 4 is 15.9 Å². The molecule has 0 unspecified atom stereocenters. The number of nitrogens with zero attached hydrogens (tertiary/aromatic N) is 2. The first-order valence-electron chi connectivity index (χ1n) is 5.16. The number of nitrogens with two attached hydrogens (primary N) is 1. The SMILES string of the molecule is Cc1c(CN)cnn1Cc1cccc(Br)c1. The van der Waals surface area contributed by atoms with Crippen LogP contribution in [-0.2, 0) is 13.1 Å². The molecule has 2 rings (SSSR count). The molecule has 0 aliphatic carbocycles. The third-order valence-corrected chi connectivity index (χ3v) is 3.14. The summed E-state index contributed by atoms with van der Waals surface area (Å²) in [6.07, 6.45) is 1.84. The molecule has 16 heavy (non-hydrogen) atoms. The number of hydrogen-bond donors (Lipinski definition) is 1. The van der Waals surface area contributed by atoms with Gasteiger partial charge in [0.1, 0.15) is 0 Å². The number of hydrogen-bond acceptors (Lipinski definition) is 2. The Morgan fingerprint density at radius 3 is 2.88 bits per heavy atom. The minimum Gasteiger partial charge on any atom is -0.326 e. The van der Waals surface area contributed by atoms with Crippen molar-refractivity contribution in [3.05, 3.63) is 51.8 Å². The van der Waals surface area contributed by atoms with E-state index < -0.39 is 0 Å². The zero-order valence-electron chi connectivity index (χ0n) is 9.15. The fraction of sp³-hybridized carbons (Fsp3) is 0.250. The first-order chi connectivity index (χ1) is 7.70. The summed E-state index contributed by atoms with van der Waals surface area (Å²) in [5, 5.41) is 4.33. The molecule has 0 amide bonds. The highest BCUT2D eigenvalue weighted by atomic mass is 79.9. The Morgan fingerprint density at radius 2 is 2.25 bits per heavy atom. The molecule has 0 saturated heterocycles. The second kappa shape index (κ2) is 4.80. The highest BCUT2D eigenvalue weighted by molar-refractivity contribution is 9.10. The molecule has 1 aromatic heterocycles. The highest BCUT2D eigenvalue weighted by Crippen LogP contribution is 2.14. The topological polar surface area (TPSA) is 43.8 Å². The normalized spacial score (nSPS) is 10.7. The fourth-order valence-electron chi connectivity index (χ4n) is 1.65. The summed E-state index contributed by atoms with van der Waals surface area (Å²) in [7, 11) is 0. The standard InChI is InChI=1S/C12H14BrN3/c1-9-11(6-14)7-15-16(9)8-10-3-2-4-12(13)5-10/h2-5,7H,6,8,14H2,1H3. The van der Waals surface area contributed by atoms with Gasteiger partial charge in [0.05, 0.1) is 12.7 Å². The van der Waals surface area contributed by atoms with Crippen LogP contribution in [0.3, 0.4) is 0 Å². The molecule has 2 N–H and O–H groups in total. The van der Waals surface area contributed by atoms with Crippen molar-refractivity contribution < 1.29 is 0 Å². The molecule has 1 aromatic carbocycles. The van der Waals surface area contributed by atoms with E-state index in [4.69, 9.17) is 5.73 Å². The average Bonchev–Trinajstić information content (AvgIpc) is 2.60. The van der Waals surface area contributed by atoms with Gasteiger partial charge in [-0.3, -0.25) is 4.68 Å². The zero-order chi connectivity index (χ0) is 11.5. The molecule has 1 heterocycles. The summed E-state index contributed by atoms with van der Waals surface area (Å²) in [5.41, 5.74) is 9.09. The van der Waals surface area contributed by atoms with Crippen LogP contribution >= 0.6 is 15.9 Å². The molecule has 0 fully saturated rings. The first-order valence-corrected chi connectivity index (χ1v) is 5.96. The fourth-order valence-corrected chi connectivity index (χ4v) is 2.10. The van der Waals surface area contributed by atoms with Crippen molar-refractivity contribution in [1.29, 1.82) is 0 Å². The van der Waals surface area contributed by atoms with Crippen LogP contribution in [0.25, 0.3) is 0 Å². The van der Waals surface area contributed by atoms with E-state index in [9.17, 15) is 0 Å². The van der Waals surface area contributed by atoms with Gasteiger partial charge in [0, 0.05) is 22.3 Å². The Hall–Kier alpha value is -1.13. The molecule has 0 saturated carbocycles. The molecule has 0 aliphatic rings. The maximum atomic E-state index is 5.62. The van der Waals surface area contributed by atoms with Gasteiger partial charge in [0.15, 0.2) is 0 Å². The van der Waals surface area contributed by atoms with Crippen molar-refractivity contribution in [3.8, 4) is 0 Å². The molecule has 4 heteroatoms. The summed E-state index contributed by atoms with van der Waals surface area (Å²) in [6.45, 7) is 3.38. The quantitative estimate of drug-likeness (QED) is 0.938. The lowest BCUT2D eigenvalue weighted by molar-refractivity contribution is 0.663. The Bertz CT molecular complexity index is 491. The molecule has 0 bridgehead atoms. The lowest BCUT2D eigenvalue weighted by Gasteiger charge is -2.05. The van der Waals surface area contributed by atoms with Crippen molar-refractivity contribution in [1.82, 2.24) is 9.78 Å². The van der Waals surface area contributed by atoms with Gasteiger partial charge in [-0.25, -0.2) is 0 Å². The highest BCUT2D eigenvalue weighted by Gasteiger charge is 2.05. The van der Waals surface area contributed by atoms with Crippen LogP contribution in [0.1, 0.15) is 16.8 Å². The lowest BCUT2D eigenvalue weighted by Crippen LogP contribution is -2.05. The molecule has 0 atom stereocenters. The summed E-state index contributed by atoms with van der Waals surface area (Å²) < 4.78 is 3.07. The molecule has 2 aromatic rings. The van der Waals surface area contributed by atoms with Crippen LogP contribution in [0, 0.1) is 6.92 Å². The summed E-state index contributed by atoms with van der Waals surface area (Å²) in [5.74, 6) is 0. The molecule has 0 spiro atoms. The van der Waals surface area contributed by atoms with Crippen LogP contribution in [0.5, 0.6) is 0 Å². The van der Waals surface area contributed by atoms with Gasteiger partial charge in [-0.15, -0.1) is 0 Å². The van der Waals surface area contributed by atoms with Gasteiger partial charge < -0.3 is 5.73 Å². The van der Waals surface area contributed by atoms with Gasteiger partial charge in [-0.2, -0.15) is 5.10 Å². The number of benzene rings is 1. The van der Waals surface area contributed by atoms with Gasteiger partial charge in [0.2, 0.25) is 0 Å². The van der Waals surface area contributed by atoms with Gasteiger partial charge in [0.25, 0.3) is 0 Å². The maximum absolute atomic E-state index is 5.62. The molecule has 0 aliphatic heterocycles. The third kappa shape index (κ3) is 2.33. The van der Waals surface area contributed by atoms with E-state index in [0.717, 1.165) is 22.3 Å². The van der Waals surface area contributed by atoms with E-state index in [1.165, 1.54) is 5.56 Å². The molecule has 84 valence electrons. The smallest absolute Gasteiger partial charge is 0.0662 e. The van der Waals surface area contributed by atoms with Crippen molar-refractivity contribution in [3.63, 3.8) is 0 Å². The van der Waals surface area contributed by atoms with Crippen LogP contribution < -0.4 is 5.73 Å². The largest absolute Gasteiger partial charge is 0.326 e. The Balaban J connectivity index is 2.24. The molecular formula is C12H14BrN3. The second-order valence-electron chi connectivity index (χ2n) is 3.75. The van der Waals surface area contributed by atoms with Gasteiger partial charge in [-0.1, -0.05) is 28.1 Å². The van der Waals surface area contributed by atoms with Crippen LogP contribution in [0.2, 0.25) is 0 Å². The predicted octanol–water partition coefficient (Wildman–Crippen LogP) is 2.46. The predicted molar refractivity (Wildman–Crippen MR) is 68.1 cm³/mol. The number of rotatable bonds is 3. The summed E-state index contributed by atoms with van der Waals surface area (Å²) in [4.78, 5) is 0. The Morgan fingerprint density at radius 1 is 1.44 bits per heavy atom. The van der Waals surface area contributed by atoms with Crippen LogP contribution in [0.4, 0.5) is 0 Å².